The van der Waals surface area contributed by atoms with Crippen LogP contribution in [0.5, 0.6) is 0 Å². The fourth-order valence-electron chi connectivity index (χ4n) is 2.49. The Morgan fingerprint density at radius 1 is 1.41 bits per heavy atom. The number of nitrogens with zero attached hydrogens (tertiary/aromatic N) is 2. The fourth-order valence-corrected chi connectivity index (χ4v) is 2.49. The van der Waals surface area contributed by atoms with Crippen LogP contribution < -0.4 is 15.8 Å². The summed E-state index contributed by atoms with van der Waals surface area (Å²) in [7, 11) is 4.04. The van der Waals surface area contributed by atoms with Crippen molar-refractivity contribution < 1.29 is 0 Å². The van der Waals surface area contributed by atoms with Crippen molar-refractivity contribution in [2.45, 2.75) is 37.8 Å². The molecule has 0 unspecified atom stereocenters. The van der Waals surface area contributed by atoms with Gasteiger partial charge in [-0.3, -0.25) is 4.79 Å². The van der Waals surface area contributed by atoms with E-state index < -0.39 is 0 Å². The van der Waals surface area contributed by atoms with Crippen molar-refractivity contribution in [3.8, 4) is 0 Å². The van der Waals surface area contributed by atoms with Crippen LogP contribution in [0.4, 0.5) is 5.82 Å². The lowest BCUT2D eigenvalue weighted by Crippen LogP contribution is -2.40. The predicted molar refractivity (Wildman–Crippen MR) is 68.4 cm³/mol. The van der Waals surface area contributed by atoms with E-state index >= 15 is 0 Å². The molecule has 1 fully saturated rings. The van der Waals surface area contributed by atoms with Gasteiger partial charge in [0.05, 0.1) is 6.33 Å². The number of aromatic amines is 1. The van der Waals surface area contributed by atoms with Crippen molar-refractivity contribution in [2.24, 2.45) is 0 Å². The molecule has 0 atom stereocenters. The third-order valence-corrected chi connectivity index (χ3v) is 3.68. The van der Waals surface area contributed by atoms with E-state index in [2.05, 4.69) is 20.2 Å². The molecule has 1 saturated carbocycles. The normalized spacial score (nSPS) is 24.6. The summed E-state index contributed by atoms with van der Waals surface area (Å²) < 4.78 is 0. The topological polar surface area (TPSA) is 61.0 Å². The third kappa shape index (κ3) is 2.85. The molecule has 0 spiro atoms. The van der Waals surface area contributed by atoms with Crippen LogP contribution in [-0.2, 0) is 0 Å². The van der Waals surface area contributed by atoms with Crippen LogP contribution in [-0.4, -0.2) is 36.1 Å². The first-order chi connectivity index (χ1) is 8.20. The Balaban J connectivity index is 2.01. The molecular formula is C12H20N4O. The zero-order chi connectivity index (χ0) is 12.3. The zero-order valence-corrected chi connectivity index (χ0v) is 10.4. The van der Waals surface area contributed by atoms with Gasteiger partial charge in [-0.25, -0.2) is 4.98 Å². The van der Waals surface area contributed by atoms with Crippen LogP contribution in [0, 0.1) is 0 Å². The second kappa shape index (κ2) is 5.31. The highest BCUT2D eigenvalue weighted by Gasteiger charge is 2.23. The van der Waals surface area contributed by atoms with E-state index in [1.807, 2.05) is 14.1 Å². The van der Waals surface area contributed by atoms with E-state index in [-0.39, 0.29) is 5.56 Å². The highest BCUT2D eigenvalue weighted by atomic mass is 16.1. The highest BCUT2D eigenvalue weighted by molar-refractivity contribution is 5.36. The Labute approximate surface area is 101 Å². The van der Waals surface area contributed by atoms with E-state index in [1.165, 1.54) is 19.2 Å². The lowest BCUT2D eigenvalue weighted by molar-refractivity contribution is 0.350. The molecule has 0 saturated heterocycles. The minimum absolute atomic E-state index is 0.0919. The molecule has 17 heavy (non-hydrogen) atoms. The fraction of sp³-hybridized carbons (Fsp3) is 0.667. The minimum atomic E-state index is -0.0919. The summed E-state index contributed by atoms with van der Waals surface area (Å²) in [5.74, 6) is 0.765. The largest absolute Gasteiger partial charge is 0.356 e. The van der Waals surface area contributed by atoms with E-state index in [0.29, 0.717) is 12.1 Å². The Morgan fingerprint density at radius 2 is 2.12 bits per heavy atom. The molecule has 5 heteroatoms. The molecule has 1 aromatic rings. The van der Waals surface area contributed by atoms with E-state index in [1.54, 1.807) is 6.07 Å². The summed E-state index contributed by atoms with van der Waals surface area (Å²) in [6.07, 6.45) is 6.14. The summed E-state index contributed by atoms with van der Waals surface area (Å²) >= 11 is 0. The summed E-state index contributed by atoms with van der Waals surface area (Å²) in [6, 6.07) is 2.70. The van der Waals surface area contributed by atoms with E-state index in [4.69, 9.17) is 0 Å². The lowest BCUT2D eigenvalue weighted by atomic mass is 9.90. The average Bonchev–Trinajstić information content (AvgIpc) is 2.38. The molecule has 1 heterocycles. The predicted octanol–water partition coefficient (Wildman–Crippen LogP) is 0.737. The number of H-pyrrole nitrogens is 1. The zero-order valence-electron chi connectivity index (χ0n) is 10.4. The van der Waals surface area contributed by atoms with Crippen LogP contribution in [0.1, 0.15) is 25.7 Å². The first-order valence-electron chi connectivity index (χ1n) is 6.15. The van der Waals surface area contributed by atoms with Gasteiger partial charge in [0.2, 0.25) is 0 Å². The van der Waals surface area contributed by atoms with Crippen LogP contribution in [0.25, 0.3) is 0 Å². The van der Waals surface area contributed by atoms with E-state index in [0.717, 1.165) is 18.7 Å². The van der Waals surface area contributed by atoms with Crippen LogP contribution in [0.2, 0.25) is 0 Å². The Kier molecular flexibility index (Phi) is 3.78. The number of rotatable bonds is 3. The first-order valence-corrected chi connectivity index (χ1v) is 6.15. The molecule has 94 valence electrons. The molecule has 0 aliphatic heterocycles. The van der Waals surface area contributed by atoms with Gasteiger partial charge in [0.15, 0.2) is 0 Å². The number of hydrogen-bond acceptors (Lipinski definition) is 4. The van der Waals surface area contributed by atoms with E-state index in [9.17, 15) is 4.79 Å². The van der Waals surface area contributed by atoms with Crippen LogP contribution >= 0.6 is 0 Å². The molecule has 0 radical (unpaired) electrons. The van der Waals surface area contributed by atoms with Crippen molar-refractivity contribution in [2.75, 3.05) is 19.0 Å². The van der Waals surface area contributed by atoms with Crippen molar-refractivity contribution in [1.29, 1.82) is 0 Å². The standard InChI is InChI=1S/C12H20N4O/c1-13-9-3-5-10(6-4-9)16(2)11-7-12(17)15-8-14-11/h7-10,13H,3-6H2,1-2H3,(H,14,15,17). The molecule has 1 aliphatic rings. The molecular weight excluding hydrogens is 216 g/mol. The summed E-state index contributed by atoms with van der Waals surface area (Å²) in [6.45, 7) is 0. The molecule has 0 amide bonds. The summed E-state index contributed by atoms with van der Waals surface area (Å²) in [5.41, 5.74) is -0.0919. The first kappa shape index (κ1) is 12.1. The molecule has 0 bridgehead atoms. The van der Waals surface area contributed by atoms with Crippen LogP contribution in [0.15, 0.2) is 17.2 Å². The maximum Gasteiger partial charge on any atom is 0.252 e. The molecule has 1 aliphatic carbocycles. The van der Waals surface area contributed by atoms with Crippen molar-refractivity contribution in [1.82, 2.24) is 15.3 Å². The van der Waals surface area contributed by atoms with Gasteiger partial charge in [0.25, 0.3) is 5.56 Å². The molecule has 2 N–H and O–H groups in total. The van der Waals surface area contributed by atoms with Gasteiger partial charge in [-0.2, -0.15) is 0 Å². The summed E-state index contributed by atoms with van der Waals surface area (Å²) in [4.78, 5) is 20.1. The van der Waals surface area contributed by atoms with Crippen molar-refractivity contribution in [3.63, 3.8) is 0 Å². The molecule has 5 nitrogen and oxygen atoms in total. The number of nitrogens with one attached hydrogen (secondary N) is 2. The van der Waals surface area contributed by atoms with Gasteiger partial charge in [-0.15, -0.1) is 0 Å². The summed E-state index contributed by atoms with van der Waals surface area (Å²) in [5, 5.41) is 3.32. The van der Waals surface area contributed by atoms with Gasteiger partial charge in [-0.05, 0) is 32.7 Å². The maximum absolute atomic E-state index is 11.2. The van der Waals surface area contributed by atoms with Crippen molar-refractivity contribution in [3.05, 3.63) is 22.7 Å². The smallest absolute Gasteiger partial charge is 0.252 e. The Hall–Kier alpha value is -1.36. The maximum atomic E-state index is 11.2. The average molecular weight is 236 g/mol. The number of hydrogen-bond donors (Lipinski definition) is 2. The van der Waals surface area contributed by atoms with Crippen LogP contribution in [0.3, 0.4) is 0 Å². The van der Waals surface area contributed by atoms with Gasteiger partial charge in [0, 0.05) is 25.2 Å². The number of aromatic nitrogens is 2. The molecule has 2 rings (SSSR count). The van der Waals surface area contributed by atoms with Gasteiger partial charge in [0.1, 0.15) is 5.82 Å². The molecule has 1 aromatic heterocycles. The second-order valence-corrected chi connectivity index (χ2v) is 4.67. The Morgan fingerprint density at radius 3 is 2.71 bits per heavy atom. The van der Waals surface area contributed by atoms with Gasteiger partial charge in [-0.1, -0.05) is 0 Å². The van der Waals surface area contributed by atoms with Crippen molar-refractivity contribution >= 4 is 5.82 Å². The molecule has 0 aromatic carbocycles. The SMILES string of the molecule is CNC1CCC(N(C)c2cc(=O)[nH]cn2)CC1. The third-order valence-electron chi connectivity index (χ3n) is 3.68. The monoisotopic (exact) mass is 236 g/mol. The van der Waals surface area contributed by atoms with Gasteiger partial charge >= 0.3 is 0 Å². The quantitative estimate of drug-likeness (QED) is 0.812. The highest BCUT2D eigenvalue weighted by Crippen LogP contribution is 2.24. The Bertz CT molecular complexity index is 409. The lowest BCUT2D eigenvalue weighted by Gasteiger charge is -2.35. The minimum Gasteiger partial charge on any atom is -0.356 e. The van der Waals surface area contributed by atoms with Gasteiger partial charge < -0.3 is 15.2 Å². The second-order valence-electron chi connectivity index (χ2n) is 4.67. The number of anilines is 1.